The van der Waals surface area contributed by atoms with Crippen LogP contribution < -0.4 is 4.74 Å². The summed E-state index contributed by atoms with van der Waals surface area (Å²) >= 11 is 0. The van der Waals surface area contributed by atoms with E-state index in [2.05, 4.69) is 6.07 Å². The third kappa shape index (κ3) is 4.16. The Kier molecular flexibility index (Phi) is 5.61. The van der Waals surface area contributed by atoms with Gasteiger partial charge in [-0.25, -0.2) is 4.39 Å². The Balaban J connectivity index is 1.38. The molecule has 0 bridgehead atoms. The lowest BCUT2D eigenvalue weighted by Gasteiger charge is -2.46. The maximum absolute atomic E-state index is 13.1. The molecular formula is C25H19FN2O4. The highest BCUT2D eigenvalue weighted by Gasteiger charge is 2.52. The number of halogens is 1. The zero-order valence-corrected chi connectivity index (χ0v) is 17.0. The predicted octanol–water partition coefficient (Wildman–Crippen LogP) is 3.97. The van der Waals surface area contributed by atoms with Crippen molar-refractivity contribution in [1.29, 1.82) is 5.26 Å². The lowest BCUT2D eigenvalue weighted by atomic mass is 9.80. The molecule has 0 unspecified atom stereocenters. The SMILES string of the molecule is N#Cc1ccc(-c2ccc(OCC3(C(=O)O)CN(C(=O)c4ccc(F)cc4)C3)cc2)cc1. The molecule has 0 aliphatic carbocycles. The largest absolute Gasteiger partial charge is 0.492 e. The zero-order valence-electron chi connectivity index (χ0n) is 17.0. The number of ether oxygens (including phenoxy) is 1. The summed E-state index contributed by atoms with van der Waals surface area (Å²) in [4.78, 5) is 25.8. The van der Waals surface area contributed by atoms with Crippen molar-refractivity contribution in [3.05, 3.63) is 89.7 Å². The van der Waals surface area contributed by atoms with Gasteiger partial charge in [-0.3, -0.25) is 9.59 Å². The van der Waals surface area contributed by atoms with Crippen molar-refractivity contribution in [2.45, 2.75) is 0 Å². The van der Waals surface area contributed by atoms with Gasteiger partial charge in [-0.2, -0.15) is 5.26 Å². The van der Waals surface area contributed by atoms with Gasteiger partial charge in [0, 0.05) is 18.7 Å². The van der Waals surface area contributed by atoms with Gasteiger partial charge >= 0.3 is 5.97 Å². The average Bonchev–Trinajstić information content (AvgIpc) is 2.79. The van der Waals surface area contributed by atoms with E-state index in [1.807, 2.05) is 24.3 Å². The van der Waals surface area contributed by atoms with Crippen LogP contribution in [0.25, 0.3) is 11.1 Å². The molecule has 3 aromatic carbocycles. The molecule has 1 amide bonds. The molecule has 1 fully saturated rings. The first-order valence-electron chi connectivity index (χ1n) is 9.92. The van der Waals surface area contributed by atoms with Gasteiger partial charge in [-0.1, -0.05) is 24.3 Å². The number of carboxylic acids is 1. The summed E-state index contributed by atoms with van der Waals surface area (Å²) in [7, 11) is 0. The fourth-order valence-electron chi connectivity index (χ4n) is 3.59. The third-order valence-electron chi connectivity index (χ3n) is 5.54. The summed E-state index contributed by atoms with van der Waals surface area (Å²) in [6, 6.07) is 21.6. The summed E-state index contributed by atoms with van der Waals surface area (Å²) in [5.41, 5.74) is 1.59. The van der Waals surface area contributed by atoms with Gasteiger partial charge in [0.2, 0.25) is 0 Å². The average molecular weight is 430 g/mol. The van der Waals surface area contributed by atoms with Gasteiger partial charge in [0.25, 0.3) is 5.91 Å². The summed E-state index contributed by atoms with van der Waals surface area (Å²) < 4.78 is 18.8. The van der Waals surface area contributed by atoms with E-state index in [9.17, 15) is 19.1 Å². The molecule has 1 aliphatic rings. The second kappa shape index (κ2) is 8.52. The summed E-state index contributed by atoms with van der Waals surface area (Å²) in [5.74, 6) is -1.29. The van der Waals surface area contributed by atoms with Crippen molar-refractivity contribution < 1.29 is 23.8 Å². The van der Waals surface area contributed by atoms with Gasteiger partial charge in [-0.05, 0) is 59.7 Å². The van der Waals surface area contributed by atoms with Crippen LogP contribution in [0.5, 0.6) is 5.75 Å². The van der Waals surface area contributed by atoms with Crippen molar-refractivity contribution >= 4 is 11.9 Å². The molecule has 1 heterocycles. The lowest BCUT2D eigenvalue weighted by molar-refractivity contribution is -0.161. The molecule has 1 saturated heterocycles. The standard InChI is InChI=1S/C25H19FN2O4/c26-21-9-5-20(6-10-21)23(29)28-14-25(15-28,24(30)31)16-32-22-11-7-19(8-12-22)18-3-1-17(13-27)2-4-18/h1-12H,14-16H2,(H,30,31). The highest BCUT2D eigenvalue weighted by atomic mass is 19.1. The Morgan fingerprint density at radius 3 is 2.06 bits per heavy atom. The number of likely N-dealkylation sites (tertiary alicyclic amines) is 1. The lowest BCUT2D eigenvalue weighted by Crippen LogP contribution is -2.64. The molecule has 0 atom stereocenters. The van der Waals surface area contributed by atoms with Crippen LogP contribution in [-0.2, 0) is 4.79 Å². The van der Waals surface area contributed by atoms with Gasteiger partial charge in [0.15, 0.2) is 0 Å². The highest BCUT2D eigenvalue weighted by Crippen LogP contribution is 2.33. The number of aliphatic carboxylic acids is 1. The van der Waals surface area contributed by atoms with Gasteiger partial charge in [0.1, 0.15) is 23.6 Å². The fraction of sp³-hybridized carbons (Fsp3) is 0.160. The van der Waals surface area contributed by atoms with Crippen molar-refractivity contribution in [2.75, 3.05) is 19.7 Å². The number of amides is 1. The molecule has 0 radical (unpaired) electrons. The topological polar surface area (TPSA) is 90.6 Å². The maximum atomic E-state index is 13.1. The molecule has 6 nitrogen and oxygen atoms in total. The number of hydrogen-bond acceptors (Lipinski definition) is 4. The van der Waals surface area contributed by atoms with E-state index in [4.69, 9.17) is 10.00 Å². The first kappa shape index (κ1) is 21.1. The molecule has 0 aromatic heterocycles. The number of benzene rings is 3. The Labute approximate surface area is 184 Å². The predicted molar refractivity (Wildman–Crippen MR) is 114 cm³/mol. The normalized spacial score (nSPS) is 14.2. The minimum atomic E-state index is -1.19. The molecule has 1 aliphatic heterocycles. The quantitative estimate of drug-likeness (QED) is 0.639. The number of rotatable bonds is 6. The van der Waals surface area contributed by atoms with Crippen molar-refractivity contribution in [3.63, 3.8) is 0 Å². The van der Waals surface area contributed by atoms with E-state index >= 15 is 0 Å². The molecule has 4 rings (SSSR count). The van der Waals surface area contributed by atoms with Crippen LogP contribution >= 0.6 is 0 Å². The molecule has 7 heteroatoms. The minimum absolute atomic E-state index is 0.0157. The van der Waals surface area contributed by atoms with E-state index in [-0.39, 0.29) is 25.6 Å². The van der Waals surface area contributed by atoms with Crippen molar-refractivity contribution in [3.8, 4) is 22.9 Å². The summed E-state index contributed by atoms with van der Waals surface area (Å²) in [6.07, 6.45) is 0. The van der Waals surface area contributed by atoms with Crippen LogP contribution in [0.1, 0.15) is 15.9 Å². The first-order valence-corrected chi connectivity index (χ1v) is 9.92. The summed E-state index contributed by atoms with van der Waals surface area (Å²) in [5, 5.41) is 18.6. The molecule has 160 valence electrons. The van der Waals surface area contributed by atoms with Crippen LogP contribution in [-0.4, -0.2) is 41.6 Å². The number of carbonyl (C=O) groups excluding carboxylic acids is 1. The minimum Gasteiger partial charge on any atom is -0.492 e. The Hall–Kier alpha value is -4.18. The van der Waals surface area contributed by atoms with Crippen molar-refractivity contribution in [1.82, 2.24) is 4.90 Å². The van der Waals surface area contributed by atoms with E-state index in [1.54, 1.807) is 24.3 Å². The summed E-state index contributed by atoms with van der Waals surface area (Å²) in [6.45, 7) is -0.0462. The number of hydrogen-bond donors (Lipinski definition) is 1. The van der Waals surface area contributed by atoms with E-state index < -0.39 is 17.2 Å². The highest BCUT2D eigenvalue weighted by molar-refractivity contribution is 5.96. The van der Waals surface area contributed by atoms with Gasteiger partial charge < -0.3 is 14.7 Å². The molecule has 32 heavy (non-hydrogen) atoms. The molecule has 1 N–H and O–H groups in total. The Morgan fingerprint density at radius 1 is 0.969 bits per heavy atom. The van der Waals surface area contributed by atoms with Crippen LogP contribution in [0.3, 0.4) is 0 Å². The van der Waals surface area contributed by atoms with Gasteiger partial charge in [0.05, 0.1) is 11.6 Å². The van der Waals surface area contributed by atoms with Crippen LogP contribution in [0.4, 0.5) is 4.39 Å². The Morgan fingerprint density at radius 2 is 1.53 bits per heavy atom. The van der Waals surface area contributed by atoms with E-state index in [0.29, 0.717) is 16.9 Å². The first-order chi connectivity index (χ1) is 15.4. The zero-order chi connectivity index (χ0) is 22.7. The molecule has 0 saturated carbocycles. The number of carboxylic acid groups (broad SMARTS) is 1. The fourth-order valence-corrected chi connectivity index (χ4v) is 3.59. The molecule has 0 spiro atoms. The number of nitrogens with zero attached hydrogens (tertiary/aromatic N) is 2. The molecule has 3 aromatic rings. The molecular weight excluding hydrogens is 411 g/mol. The Bertz CT molecular complexity index is 1180. The number of carbonyl (C=O) groups is 2. The second-order valence-electron chi connectivity index (χ2n) is 7.76. The number of nitriles is 1. The van der Waals surface area contributed by atoms with Gasteiger partial charge in [-0.15, -0.1) is 0 Å². The maximum Gasteiger partial charge on any atom is 0.316 e. The van der Waals surface area contributed by atoms with Crippen LogP contribution in [0, 0.1) is 22.6 Å². The van der Waals surface area contributed by atoms with E-state index in [1.165, 1.54) is 29.2 Å². The van der Waals surface area contributed by atoms with Crippen LogP contribution in [0.2, 0.25) is 0 Å². The monoisotopic (exact) mass is 430 g/mol. The smallest absolute Gasteiger partial charge is 0.316 e. The van der Waals surface area contributed by atoms with E-state index in [0.717, 1.165) is 11.1 Å². The van der Waals surface area contributed by atoms with Crippen LogP contribution in [0.15, 0.2) is 72.8 Å². The second-order valence-corrected chi connectivity index (χ2v) is 7.76. The third-order valence-corrected chi connectivity index (χ3v) is 5.54. The van der Waals surface area contributed by atoms with Crippen molar-refractivity contribution in [2.24, 2.45) is 5.41 Å².